The summed E-state index contributed by atoms with van der Waals surface area (Å²) in [5.74, 6) is 0.615. The lowest BCUT2D eigenvalue weighted by atomic mass is 10.1. The third-order valence-corrected chi connectivity index (χ3v) is 5.09. The van der Waals surface area contributed by atoms with E-state index in [1.54, 1.807) is 24.3 Å². The normalized spacial score (nSPS) is 12.9. The molecule has 4 nitrogen and oxygen atoms in total. The lowest BCUT2D eigenvalue weighted by molar-refractivity contribution is 0.414. The quantitative estimate of drug-likeness (QED) is 0.871. The molecule has 2 aromatic carbocycles. The van der Waals surface area contributed by atoms with Gasteiger partial charge in [0.15, 0.2) is 0 Å². The molecule has 0 radical (unpaired) electrons. The van der Waals surface area contributed by atoms with Crippen LogP contribution < -0.4 is 9.46 Å². The van der Waals surface area contributed by atoms with Crippen LogP contribution in [0.1, 0.15) is 24.9 Å². The Morgan fingerprint density at radius 1 is 1.09 bits per heavy atom. The Bertz CT molecular complexity index is 712. The Labute approximate surface area is 136 Å². The van der Waals surface area contributed by atoms with Crippen LogP contribution >= 0.6 is 11.6 Å². The van der Waals surface area contributed by atoms with Gasteiger partial charge in [0.25, 0.3) is 0 Å². The van der Waals surface area contributed by atoms with Gasteiger partial charge in [0, 0.05) is 11.1 Å². The second-order valence-corrected chi connectivity index (χ2v) is 6.96. The minimum Gasteiger partial charge on any atom is -0.497 e. The molecule has 0 amide bonds. The highest BCUT2D eigenvalue weighted by Crippen LogP contribution is 2.23. The molecule has 0 unspecified atom stereocenters. The number of benzene rings is 2. The van der Waals surface area contributed by atoms with E-state index in [1.165, 1.54) is 19.2 Å². The summed E-state index contributed by atoms with van der Waals surface area (Å²) < 4.78 is 32.7. The summed E-state index contributed by atoms with van der Waals surface area (Å²) in [7, 11) is -2.06. The van der Waals surface area contributed by atoms with Gasteiger partial charge < -0.3 is 4.74 Å². The van der Waals surface area contributed by atoms with E-state index in [1.807, 2.05) is 19.1 Å². The molecule has 0 saturated carbocycles. The van der Waals surface area contributed by atoms with Crippen molar-refractivity contribution in [1.29, 1.82) is 0 Å². The minimum absolute atomic E-state index is 0.209. The molecular weight excluding hydrogens is 322 g/mol. The van der Waals surface area contributed by atoms with Gasteiger partial charge in [0.1, 0.15) is 5.75 Å². The molecule has 0 bridgehead atoms. The molecule has 0 aromatic heterocycles. The van der Waals surface area contributed by atoms with Crippen LogP contribution in [0.2, 0.25) is 5.02 Å². The van der Waals surface area contributed by atoms with Crippen LogP contribution in [0, 0.1) is 0 Å². The molecule has 0 aliphatic heterocycles. The Kier molecular flexibility index (Phi) is 5.45. The number of ether oxygens (including phenoxy) is 1. The fraction of sp³-hybridized carbons (Fsp3) is 0.250. The zero-order valence-corrected chi connectivity index (χ0v) is 14.0. The largest absolute Gasteiger partial charge is 0.497 e. The van der Waals surface area contributed by atoms with Crippen molar-refractivity contribution in [2.75, 3.05) is 7.11 Å². The van der Waals surface area contributed by atoms with Gasteiger partial charge in [-0.25, -0.2) is 13.1 Å². The van der Waals surface area contributed by atoms with Crippen LogP contribution in [0.3, 0.4) is 0 Å². The monoisotopic (exact) mass is 339 g/mol. The first-order chi connectivity index (χ1) is 10.5. The number of hydrogen-bond donors (Lipinski definition) is 1. The van der Waals surface area contributed by atoms with Crippen LogP contribution in [0.5, 0.6) is 5.75 Å². The van der Waals surface area contributed by atoms with Crippen molar-refractivity contribution < 1.29 is 13.2 Å². The lowest BCUT2D eigenvalue weighted by Gasteiger charge is -2.18. The molecule has 2 aromatic rings. The SMILES string of the molecule is CC[C@@H](NS(=O)(=O)c1ccc(OC)cc1)c1ccc(Cl)cc1. The third-order valence-electron chi connectivity index (χ3n) is 3.35. The molecular formula is C16H18ClNO3S. The van der Waals surface area contributed by atoms with E-state index in [0.29, 0.717) is 17.2 Å². The summed E-state index contributed by atoms with van der Waals surface area (Å²) in [4.78, 5) is 0.209. The van der Waals surface area contributed by atoms with Crippen molar-refractivity contribution in [2.45, 2.75) is 24.3 Å². The van der Waals surface area contributed by atoms with Crippen molar-refractivity contribution in [3.63, 3.8) is 0 Å². The average molecular weight is 340 g/mol. The minimum atomic E-state index is -3.59. The molecule has 0 heterocycles. The number of methoxy groups -OCH3 is 1. The highest BCUT2D eigenvalue weighted by Gasteiger charge is 2.20. The smallest absolute Gasteiger partial charge is 0.241 e. The number of hydrogen-bond acceptors (Lipinski definition) is 3. The molecule has 22 heavy (non-hydrogen) atoms. The summed E-state index contributed by atoms with van der Waals surface area (Å²) >= 11 is 5.87. The molecule has 0 spiro atoms. The maximum absolute atomic E-state index is 12.5. The van der Waals surface area contributed by atoms with Crippen LogP contribution in [-0.4, -0.2) is 15.5 Å². The molecule has 118 valence electrons. The maximum Gasteiger partial charge on any atom is 0.241 e. The van der Waals surface area contributed by atoms with Gasteiger partial charge in [-0.2, -0.15) is 0 Å². The highest BCUT2D eigenvalue weighted by molar-refractivity contribution is 7.89. The van der Waals surface area contributed by atoms with E-state index in [2.05, 4.69) is 4.72 Å². The van der Waals surface area contributed by atoms with Crippen LogP contribution in [0.4, 0.5) is 0 Å². The van der Waals surface area contributed by atoms with Crippen molar-refractivity contribution in [3.05, 3.63) is 59.1 Å². The predicted molar refractivity (Wildman–Crippen MR) is 87.8 cm³/mol. The fourth-order valence-corrected chi connectivity index (χ4v) is 3.53. The van der Waals surface area contributed by atoms with Crippen molar-refractivity contribution in [2.24, 2.45) is 0 Å². The highest BCUT2D eigenvalue weighted by atomic mass is 35.5. The summed E-state index contributed by atoms with van der Waals surface area (Å²) in [5, 5.41) is 0.622. The average Bonchev–Trinajstić information content (AvgIpc) is 2.53. The Morgan fingerprint density at radius 2 is 1.68 bits per heavy atom. The Hall–Kier alpha value is -1.56. The van der Waals surface area contributed by atoms with Crippen molar-refractivity contribution in [1.82, 2.24) is 4.72 Å². The fourth-order valence-electron chi connectivity index (χ4n) is 2.09. The molecule has 0 saturated heterocycles. The number of rotatable bonds is 6. The molecule has 0 aliphatic carbocycles. The molecule has 2 rings (SSSR count). The third kappa shape index (κ3) is 4.00. The summed E-state index contributed by atoms with van der Waals surface area (Å²) in [6.07, 6.45) is 0.636. The summed E-state index contributed by atoms with van der Waals surface area (Å²) in [6, 6.07) is 13.1. The molecule has 1 N–H and O–H groups in total. The van der Waals surface area contributed by atoms with Crippen LogP contribution in [0.15, 0.2) is 53.4 Å². The second-order valence-electron chi connectivity index (χ2n) is 4.81. The molecule has 0 aliphatic rings. The van der Waals surface area contributed by atoms with Crippen LogP contribution in [-0.2, 0) is 10.0 Å². The zero-order valence-electron chi connectivity index (χ0n) is 12.4. The van der Waals surface area contributed by atoms with Gasteiger partial charge in [0.05, 0.1) is 12.0 Å². The van der Waals surface area contributed by atoms with E-state index < -0.39 is 10.0 Å². The van der Waals surface area contributed by atoms with Gasteiger partial charge in [-0.3, -0.25) is 0 Å². The van der Waals surface area contributed by atoms with E-state index >= 15 is 0 Å². The lowest BCUT2D eigenvalue weighted by Crippen LogP contribution is -2.28. The van der Waals surface area contributed by atoms with Gasteiger partial charge in [-0.15, -0.1) is 0 Å². The Morgan fingerprint density at radius 3 is 2.18 bits per heavy atom. The summed E-state index contributed by atoms with van der Waals surface area (Å²) in [6.45, 7) is 1.93. The Balaban J connectivity index is 2.23. The topological polar surface area (TPSA) is 55.4 Å². The van der Waals surface area contributed by atoms with Crippen molar-refractivity contribution in [3.8, 4) is 5.75 Å². The standard InChI is InChI=1S/C16H18ClNO3S/c1-3-16(12-4-6-13(17)7-5-12)18-22(19,20)15-10-8-14(21-2)9-11-15/h4-11,16,18H,3H2,1-2H3/t16-/m1/s1. The maximum atomic E-state index is 12.5. The predicted octanol–water partition coefficient (Wildman–Crippen LogP) is 3.78. The summed E-state index contributed by atoms with van der Waals surface area (Å²) in [5.41, 5.74) is 0.879. The van der Waals surface area contributed by atoms with Gasteiger partial charge in [-0.05, 0) is 48.4 Å². The first-order valence-electron chi connectivity index (χ1n) is 6.88. The number of halogens is 1. The number of sulfonamides is 1. The molecule has 6 heteroatoms. The van der Waals surface area contributed by atoms with E-state index in [0.717, 1.165) is 5.56 Å². The molecule has 1 atom stereocenters. The molecule has 0 fully saturated rings. The van der Waals surface area contributed by atoms with Gasteiger partial charge in [0.2, 0.25) is 10.0 Å². The van der Waals surface area contributed by atoms with Crippen molar-refractivity contribution >= 4 is 21.6 Å². The van der Waals surface area contributed by atoms with Crippen LogP contribution in [0.25, 0.3) is 0 Å². The van der Waals surface area contributed by atoms with Gasteiger partial charge in [-0.1, -0.05) is 30.7 Å². The second kappa shape index (κ2) is 7.13. The van der Waals surface area contributed by atoms with E-state index in [9.17, 15) is 8.42 Å². The van der Waals surface area contributed by atoms with E-state index in [4.69, 9.17) is 16.3 Å². The van der Waals surface area contributed by atoms with Gasteiger partial charge >= 0.3 is 0 Å². The zero-order chi connectivity index (χ0) is 16.2. The first kappa shape index (κ1) is 16.8. The van der Waals surface area contributed by atoms with E-state index in [-0.39, 0.29) is 10.9 Å². The first-order valence-corrected chi connectivity index (χ1v) is 8.74. The number of nitrogens with one attached hydrogen (secondary N) is 1.